The van der Waals surface area contributed by atoms with E-state index >= 15 is 0 Å². The van der Waals surface area contributed by atoms with Crippen molar-refractivity contribution < 1.29 is 4.74 Å². The molecule has 0 saturated heterocycles. The first-order valence-electron chi connectivity index (χ1n) is 11.3. The van der Waals surface area contributed by atoms with Crippen molar-refractivity contribution in [1.29, 1.82) is 0 Å². The van der Waals surface area contributed by atoms with Crippen molar-refractivity contribution in [3.63, 3.8) is 0 Å². The van der Waals surface area contributed by atoms with Gasteiger partial charge in [-0.25, -0.2) is 14.3 Å². The second-order valence-corrected chi connectivity index (χ2v) is 8.25. The average Bonchev–Trinajstić information content (AvgIpc) is 3.40. The number of ether oxygens (including phenoxy) is 1. The second kappa shape index (κ2) is 8.15. The number of rotatable bonds is 5. The van der Waals surface area contributed by atoms with Crippen molar-refractivity contribution in [1.82, 2.24) is 24.5 Å². The van der Waals surface area contributed by atoms with Crippen LogP contribution in [0, 0.1) is 13.8 Å². The fraction of sp³-hybridized carbons (Fsp3) is 0.107. The van der Waals surface area contributed by atoms with Gasteiger partial charge in [-0.05, 0) is 50.2 Å². The number of benzene rings is 3. The minimum absolute atomic E-state index is 0.391. The molecule has 6 aromatic rings. The fourth-order valence-electron chi connectivity index (χ4n) is 4.48. The minimum Gasteiger partial charge on any atom is -0.489 e. The molecule has 3 heterocycles. The lowest BCUT2D eigenvalue weighted by Gasteiger charge is -2.11. The van der Waals surface area contributed by atoms with Gasteiger partial charge in [0.1, 0.15) is 12.4 Å². The summed E-state index contributed by atoms with van der Waals surface area (Å²) in [5.74, 6) is 0.821. The Bertz CT molecular complexity index is 1500. The van der Waals surface area contributed by atoms with Crippen LogP contribution in [0.2, 0.25) is 0 Å². The van der Waals surface area contributed by atoms with E-state index in [4.69, 9.17) is 19.9 Å². The number of pyridine rings is 1. The Hall–Kier alpha value is -4.45. The highest BCUT2D eigenvalue weighted by Gasteiger charge is 2.23. The SMILES string of the molecule is Cc1nn(-c2ccccc2)c2nc3c(c(C)nn3-c3ccccc3)c(COc3ccccc3)c12. The summed E-state index contributed by atoms with van der Waals surface area (Å²) < 4.78 is 10.1. The quantitative estimate of drug-likeness (QED) is 0.329. The molecule has 0 aliphatic heterocycles. The van der Waals surface area contributed by atoms with Crippen molar-refractivity contribution >= 4 is 22.1 Å². The third-order valence-electron chi connectivity index (χ3n) is 6.02. The summed E-state index contributed by atoms with van der Waals surface area (Å²) >= 11 is 0. The van der Waals surface area contributed by atoms with Crippen molar-refractivity contribution in [2.75, 3.05) is 0 Å². The van der Waals surface area contributed by atoms with Crippen LogP contribution >= 0.6 is 0 Å². The van der Waals surface area contributed by atoms with Crippen LogP contribution < -0.4 is 4.74 Å². The molecular formula is C28H23N5O. The van der Waals surface area contributed by atoms with Gasteiger partial charge in [0.05, 0.1) is 22.8 Å². The Balaban J connectivity index is 1.65. The number of hydrogen-bond acceptors (Lipinski definition) is 4. The highest BCUT2D eigenvalue weighted by molar-refractivity contribution is 5.98. The van der Waals surface area contributed by atoms with Crippen LogP contribution in [0.4, 0.5) is 0 Å². The van der Waals surface area contributed by atoms with E-state index in [1.54, 1.807) is 0 Å². The Morgan fingerprint density at radius 3 is 1.53 bits per heavy atom. The van der Waals surface area contributed by atoms with Gasteiger partial charge < -0.3 is 4.74 Å². The van der Waals surface area contributed by atoms with Crippen LogP contribution in [0.3, 0.4) is 0 Å². The Labute approximate surface area is 197 Å². The van der Waals surface area contributed by atoms with E-state index in [0.29, 0.717) is 6.61 Å². The molecule has 0 spiro atoms. The smallest absolute Gasteiger partial charge is 0.166 e. The van der Waals surface area contributed by atoms with Crippen LogP contribution in [0.5, 0.6) is 5.75 Å². The van der Waals surface area contributed by atoms with Gasteiger partial charge >= 0.3 is 0 Å². The largest absolute Gasteiger partial charge is 0.489 e. The molecule has 166 valence electrons. The van der Waals surface area contributed by atoms with Crippen molar-refractivity contribution in [2.45, 2.75) is 20.5 Å². The topological polar surface area (TPSA) is 57.8 Å². The number of nitrogens with zero attached hydrogens (tertiary/aromatic N) is 5. The summed E-state index contributed by atoms with van der Waals surface area (Å²) in [6.07, 6.45) is 0. The van der Waals surface area contributed by atoms with Crippen LogP contribution in [-0.4, -0.2) is 24.5 Å². The molecule has 6 nitrogen and oxygen atoms in total. The van der Waals surface area contributed by atoms with E-state index in [9.17, 15) is 0 Å². The zero-order chi connectivity index (χ0) is 23.1. The molecule has 6 rings (SSSR count). The summed E-state index contributed by atoms with van der Waals surface area (Å²) in [6.45, 7) is 4.44. The van der Waals surface area contributed by atoms with Gasteiger partial charge in [0, 0.05) is 16.3 Å². The molecule has 0 amide bonds. The van der Waals surface area contributed by atoms with E-state index in [1.807, 2.05) is 114 Å². The fourth-order valence-corrected chi connectivity index (χ4v) is 4.48. The highest BCUT2D eigenvalue weighted by atomic mass is 16.5. The predicted molar refractivity (Wildman–Crippen MR) is 134 cm³/mol. The Morgan fingerprint density at radius 2 is 1.06 bits per heavy atom. The van der Waals surface area contributed by atoms with Gasteiger partial charge in [-0.1, -0.05) is 54.6 Å². The lowest BCUT2D eigenvalue weighted by atomic mass is 10.1. The summed E-state index contributed by atoms with van der Waals surface area (Å²) in [4.78, 5) is 5.13. The van der Waals surface area contributed by atoms with Crippen LogP contribution in [0.25, 0.3) is 33.4 Å². The highest BCUT2D eigenvalue weighted by Crippen LogP contribution is 2.33. The number of fused-ring (bicyclic) bond motifs is 2. The molecule has 0 fully saturated rings. The predicted octanol–water partition coefficient (Wildman–Crippen LogP) is 5.96. The molecule has 6 heteroatoms. The molecule has 0 saturated carbocycles. The number of para-hydroxylation sites is 3. The second-order valence-electron chi connectivity index (χ2n) is 8.25. The summed E-state index contributed by atoms with van der Waals surface area (Å²) in [5, 5.41) is 11.8. The molecule has 0 aliphatic rings. The number of hydrogen-bond donors (Lipinski definition) is 0. The van der Waals surface area contributed by atoms with Gasteiger partial charge in [0.2, 0.25) is 0 Å². The third kappa shape index (κ3) is 3.31. The van der Waals surface area contributed by atoms with E-state index in [2.05, 4.69) is 0 Å². The van der Waals surface area contributed by atoms with Gasteiger partial charge in [-0.3, -0.25) is 0 Å². The molecule has 3 aromatic heterocycles. The lowest BCUT2D eigenvalue weighted by Crippen LogP contribution is -2.03. The first kappa shape index (κ1) is 20.2. The Morgan fingerprint density at radius 1 is 0.618 bits per heavy atom. The summed E-state index contributed by atoms with van der Waals surface area (Å²) in [7, 11) is 0. The van der Waals surface area contributed by atoms with Crippen LogP contribution in [0.1, 0.15) is 17.0 Å². The van der Waals surface area contributed by atoms with Crippen LogP contribution in [0.15, 0.2) is 91.0 Å². The lowest BCUT2D eigenvalue weighted by molar-refractivity contribution is 0.309. The van der Waals surface area contributed by atoms with Gasteiger partial charge in [-0.15, -0.1) is 0 Å². The molecule has 0 aliphatic carbocycles. The van der Waals surface area contributed by atoms with Gasteiger partial charge in [-0.2, -0.15) is 10.2 Å². The molecular weight excluding hydrogens is 422 g/mol. The Kier molecular flexibility index (Phi) is 4.84. The maximum Gasteiger partial charge on any atom is 0.166 e. The molecule has 34 heavy (non-hydrogen) atoms. The van der Waals surface area contributed by atoms with Gasteiger partial charge in [0.25, 0.3) is 0 Å². The standard InChI is InChI=1S/C28H23N5O/c1-19-25-24(18-34-23-16-10-5-11-17-23)26-20(2)31-33(22-14-8-4-9-15-22)28(26)29-27(25)32(30-19)21-12-6-3-7-13-21/h3-17H,18H2,1-2H3. The third-order valence-corrected chi connectivity index (χ3v) is 6.02. The van der Waals surface area contributed by atoms with E-state index < -0.39 is 0 Å². The van der Waals surface area contributed by atoms with Crippen molar-refractivity contribution in [2.24, 2.45) is 0 Å². The minimum atomic E-state index is 0.391. The van der Waals surface area contributed by atoms with Crippen LogP contribution in [-0.2, 0) is 6.61 Å². The summed E-state index contributed by atoms with van der Waals surface area (Å²) in [5.41, 5.74) is 6.37. The van der Waals surface area contributed by atoms with E-state index in [1.165, 1.54) is 0 Å². The molecule has 0 atom stereocenters. The van der Waals surface area contributed by atoms with E-state index in [-0.39, 0.29) is 0 Å². The molecule has 0 bridgehead atoms. The van der Waals surface area contributed by atoms with Crippen molar-refractivity contribution in [3.8, 4) is 17.1 Å². The first-order chi connectivity index (χ1) is 16.7. The van der Waals surface area contributed by atoms with E-state index in [0.717, 1.165) is 56.1 Å². The monoisotopic (exact) mass is 445 g/mol. The maximum atomic E-state index is 6.25. The van der Waals surface area contributed by atoms with Gasteiger partial charge in [0.15, 0.2) is 11.3 Å². The summed E-state index contributed by atoms with van der Waals surface area (Å²) in [6, 6.07) is 30.1. The molecule has 0 unspecified atom stereocenters. The zero-order valence-corrected chi connectivity index (χ0v) is 19.0. The zero-order valence-electron chi connectivity index (χ0n) is 19.0. The first-order valence-corrected chi connectivity index (χ1v) is 11.3. The number of aromatic nitrogens is 5. The molecule has 0 N–H and O–H groups in total. The van der Waals surface area contributed by atoms with Crippen molar-refractivity contribution in [3.05, 3.63) is 108 Å². The normalized spacial score (nSPS) is 11.4. The maximum absolute atomic E-state index is 6.25. The molecule has 3 aromatic carbocycles. The molecule has 0 radical (unpaired) electrons. The number of aryl methyl sites for hydroxylation is 2. The average molecular weight is 446 g/mol.